The first-order valence-electron chi connectivity index (χ1n) is 8.61. The van der Waals surface area contributed by atoms with E-state index in [-0.39, 0.29) is 0 Å². The highest BCUT2D eigenvalue weighted by molar-refractivity contribution is 6.60. The SMILES string of the molecule is CCC(C)=NO[Si](CCCN=C=O)(ON=C(C)CC)ON=C(C)CC. The van der Waals surface area contributed by atoms with Crippen molar-refractivity contribution in [1.29, 1.82) is 0 Å². The quantitative estimate of drug-likeness (QED) is 0.161. The van der Waals surface area contributed by atoms with Crippen molar-refractivity contribution in [2.24, 2.45) is 20.5 Å². The van der Waals surface area contributed by atoms with E-state index in [4.69, 9.17) is 13.6 Å². The fourth-order valence-electron chi connectivity index (χ4n) is 1.24. The van der Waals surface area contributed by atoms with Crippen molar-refractivity contribution in [1.82, 2.24) is 0 Å². The summed E-state index contributed by atoms with van der Waals surface area (Å²) in [4.78, 5) is 13.8. The summed E-state index contributed by atoms with van der Waals surface area (Å²) in [5.74, 6) is 0. The van der Waals surface area contributed by atoms with Crippen LogP contribution in [0.5, 0.6) is 0 Å². The number of oxime groups is 3. The molecule has 25 heavy (non-hydrogen) atoms. The van der Waals surface area contributed by atoms with Gasteiger partial charge in [0, 0.05) is 0 Å². The summed E-state index contributed by atoms with van der Waals surface area (Å²) in [6, 6.07) is 0.375. The minimum atomic E-state index is -3.33. The molecule has 0 aliphatic heterocycles. The molecule has 0 saturated carbocycles. The van der Waals surface area contributed by atoms with Crippen LogP contribution in [0.2, 0.25) is 6.04 Å². The molecule has 0 aromatic heterocycles. The number of hydrogen-bond acceptors (Lipinski definition) is 8. The Kier molecular flexibility index (Phi) is 12.3. The average molecular weight is 371 g/mol. The monoisotopic (exact) mass is 370 g/mol. The number of rotatable bonds is 13. The van der Waals surface area contributed by atoms with Crippen molar-refractivity contribution >= 4 is 32.0 Å². The molecule has 0 spiro atoms. The first-order valence-corrected chi connectivity index (χ1v) is 10.5. The number of nitrogens with zero attached hydrogens (tertiary/aromatic N) is 4. The third-order valence-corrected chi connectivity index (χ3v) is 5.45. The van der Waals surface area contributed by atoms with Crippen LogP contribution >= 0.6 is 0 Å². The van der Waals surface area contributed by atoms with Gasteiger partial charge in [0.25, 0.3) is 0 Å². The van der Waals surface area contributed by atoms with E-state index in [0.717, 1.165) is 36.4 Å². The second-order valence-corrected chi connectivity index (χ2v) is 7.99. The lowest BCUT2D eigenvalue weighted by Gasteiger charge is -2.22. The van der Waals surface area contributed by atoms with Crippen LogP contribution in [0.15, 0.2) is 20.5 Å². The predicted octanol–water partition coefficient (Wildman–Crippen LogP) is 4.06. The average Bonchev–Trinajstić information content (AvgIpc) is 2.64. The topological polar surface area (TPSA) is 94.2 Å². The molecule has 0 radical (unpaired) electrons. The minimum absolute atomic E-state index is 0.303. The summed E-state index contributed by atoms with van der Waals surface area (Å²) < 4.78 is 17.0. The Morgan fingerprint density at radius 3 is 1.56 bits per heavy atom. The van der Waals surface area contributed by atoms with Gasteiger partial charge in [-0.2, -0.15) is 0 Å². The van der Waals surface area contributed by atoms with E-state index in [2.05, 4.69) is 20.5 Å². The molecule has 0 unspecified atom stereocenters. The summed E-state index contributed by atoms with van der Waals surface area (Å²) in [6.07, 6.45) is 4.27. The summed E-state index contributed by atoms with van der Waals surface area (Å²) in [6.45, 7) is 11.8. The standard InChI is InChI=1S/C16H30N4O4Si/c1-7-14(4)18-22-25(12-10-11-17-13-21,23-19-15(5)8-2)24-20-16(6)9-3/h7-12H2,1-6H3. The van der Waals surface area contributed by atoms with Crippen molar-refractivity contribution in [3.63, 3.8) is 0 Å². The third kappa shape index (κ3) is 10.5. The molecular formula is C16H30N4O4Si. The van der Waals surface area contributed by atoms with Gasteiger partial charge in [-0.05, 0) is 46.5 Å². The van der Waals surface area contributed by atoms with Crippen molar-refractivity contribution < 1.29 is 18.4 Å². The zero-order chi connectivity index (χ0) is 19.1. The lowest BCUT2D eigenvalue weighted by Crippen LogP contribution is -2.42. The van der Waals surface area contributed by atoms with Crippen molar-refractivity contribution in [2.75, 3.05) is 6.54 Å². The number of carbonyl (C=O) groups excluding carboxylic acids is 1. The first-order chi connectivity index (χ1) is 11.9. The molecule has 9 heteroatoms. The predicted molar refractivity (Wildman–Crippen MR) is 102 cm³/mol. The Hall–Kier alpha value is -1.99. The second kappa shape index (κ2) is 13.3. The van der Waals surface area contributed by atoms with E-state index >= 15 is 0 Å². The summed E-state index contributed by atoms with van der Waals surface area (Å²) in [5, 5.41) is 12.3. The number of isocyanates is 1. The van der Waals surface area contributed by atoms with Crippen LogP contribution in [-0.4, -0.2) is 38.6 Å². The third-order valence-electron chi connectivity index (χ3n) is 3.37. The fraction of sp³-hybridized carbons (Fsp3) is 0.750. The van der Waals surface area contributed by atoms with Gasteiger partial charge in [-0.25, -0.2) is 9.79 Å². The Balaban J connectivity index is 5.50. The maximum absolute atomic E-state index is 10.3. The molecular weight excluding hydrogens is 340 g/mol. The highest BCUT2D eigenvalue weighted by atomic mass is 28.4. The van der Waals surface area contributed by atoms with Gasteiger partial charge in [0.15, 0.2) is 0 Å². The largest absolute Gasteiger partial charge is 0.762 e. The van der Waals surface area contributed by atoms with E-state index in [1.165, 1.54) is 6.08 Å². The molecule has 0 rings (SSSR count). The fourth-order valence-corrected chi connectivity index (χ4v) is 3.09. The van der Waals surface area contributed by atoms with Crippen LogP contribution in [0.25, 0.3) is 0 Å². The lowest BCUT2D eigenvalue weighted by atomic mass is 10.3. The maximum Gasteiger partial charge on any atom is 0.762 e. The van der Waals surface area contributed by atoms with Gasteiger partial charge in [0.2, 0.25) is 6.08 Å². The van der Waals surface area contributed by atoms with E-state index in [9.17, 15) is 4.79 Å². The summed E-state index contributed by atoms with van der Waals surface area (Å²) in [5.41, 5.74) is 2.42. The maximum atomic E-state index is 10.3. The van der Waals surface area contributed by atoms with E-state index in [1.807, 2.05) is 41.5 Å². The Bertz CT molecular complexity index is 473. The highest BCUT2D eigenvalue weighted by Gasteiger charge is 2.51. The molecule has 0 atom stereocenters. The van der Waals surface area contributed by atoms with Gasteiger partial charge in [-0.3, -0.25) is 0 Å². The molecule has 0 N–H and O–H groups in total. The summed E-state index contributed by atoms with van der Waals surface area (Å²) in [7, 11) is -3.33. The normalized spacial score (nSPS) is 15.2. The Morgan fingerprint density at radius 2 is 1.24 bits per heavy atom. The van der Waals surface area contributed by atoms with Crippen LogP contribution in [-0.2, 0) is 18.4 Å². The molecule has 0 aliphatic rings. The van der Waals surface area contributed by atoms with Crippen LogP contribution in [0.4, 0.5) is 0 Å². The van der Waals surface area contributed by atoms with E-state index in [1.54, 1.807) is 0 Å². The van der Waals surface area contributed by atoms with Crippen molar-refractivity contribution in [3.8, 4) is 0 Å². The molecule has 0 bridgehead atoms. The molecule has 0 saturated heterocycles. The van der Waals surface area contributed by atoms with Gasteiger partial charge >= 0.3 is 8.80 Å². The number of aliphatic imine (C=N–C) groups is 1. The highest BCUT2D eigenvalue weighted by Crippen LogP contribution is 2.21. The Labute approximate surface area is 151 Å². The smallest absolute Gasteiger partial charge is 0.373 e. The van der Waals surface area contributed by atoms with Crippen LogP contribution in [0.3, 0.4) is 0 Å². The van der Waals surface area contributed by atoms with Crippen molar-refractivity contribution in [3.05, 3.63) is 0 Å². The molecule has 8 nitrogen and oxygen atoms in total. The lowest BCUT2D eigenvalue weighted by molar-refractivity contribution is 0.0650. The minimum Gasteiger partial charge on any atom is -0.373 e. The second-order valence-electron chi connectivity index (χ2n) is 5.57. The summed E-state index contributed by atoms with van der Waals surface area (Å²) >= 11 is 0. The molecule has 0 aromatic carbocycles. The molecule has 0 amide bonds. The van der Waals surface area contributed by atoms with Gasteiger partial charge in [-0.1, -0.05) is 20.8 Å². The van der Waals surface area contributed by atoms with Crippen LogP contribution in [0, 0.1) is 0 Å². The van der Waals surface area contributed by atoms with Gasteiger partial charge in [-0.15, -0.1) is 15.5 Å². The van der Waals surface area contributed by atoms with E-state index in [0.29, 0.717) is 19.0 Å². The van der Waals surface area contributed by atoms with Gasteiger partial charge in [0.1, 0.15) is 0 Å². The first kappa shape index (κ1) is 23.0. The number of hydrogen-bond donors (Lipinski definition) is 0. The molecule has 0 aromatic rings. The molecule has 0 fully saturated rings. The van der Waals surface area contributed by atoms with Crippen LogP contribution < -0.4 is 0 Å². The Morgan fingerprint density at radius 1 is 0.840 bits per heavy atom. The van der Waals surface area contributed by atoms with Gasteiger partial charge in [0.05, 0.1) is 29.7 Å². The zero-order valence-electron chi connectivity index (χ0n) is 16.2. The molecule has 0 heterocycles. The molecule has 142 valence electrons. The van der Waals surface area contributed by atoms with E-state index < -0.39 is 8.80 Å². The van der Waals surface area contributed by atoms with Crippen LogP contribution in [0.1, 0.15) is 67.2 Å². The van der Waals surface area contributed by atoms with Gasteiger partial charge < -0.3 is 13.6 Å². The molecule has 0 aliphatic carbocycles. The zero-order valence-corrected chi connectivity index (χ0v) is 17.2. The van der Waals surface area contributed by atoms with Crippen molar-refractivity contribution in [2.45, 2.75) is 73.3 Å².